The topological polar surface area (TPSA) is 16.1 Å². The molecule has 19 heavy (non-hydrogen) atoms. The van der Waals surface area contributed by atoms with Crippen molar-refractivity contribution in [2.45, 2.75) is 20.8 Å². The van der Waals surface area contributed by atoms with Crippen molar-refractivity contribution in [3.05, 3.63) is 30.6 Å². The van der Waals surface area contributed by atoms with E-state index in [0.717, 1.165) is 0 Å². The van der Waals surface area contributed by atoms with Crippen LogP contribution in [0.3, 0.4) is 0 Å². The standard InChI is InChI=1S/C6H15N.C5H5N.4ClH.Sn.Ti/c1-4-7(5-2)6-3;1-2-4-6-5-3-1;;;;;;/h4-6H2,1-3H3;1-5H;4*1H;;/q;;;;;;+4;/p-4. The molecule has 0 unspecified atom stereocenters. The van der Waals surface area contributed by atoms with Gasteiger partial charge >= 0.3 is 49.6 Å². The van der Waals surface area contributed by atoms with Crippen molar-refractivity contribution >= 4 is 49.6 Å². The van der Waals surface area contributed by atoms with Crippen LogP contribution in [0.5, 0.6) is 0 Å². The first kappa shape index (κ1) is 25.7. The van der Waals surface area contributed by atoms with Crippen LogP contribution in [-0.4, -0.2) is 43.4 Å². The maximum atomic E-state index is 5.04. The van der Waals surface area contributed by atoms with Gasteiger partial charge in [0, 0.05) is 34.1 Å². The molecule has 0 aliphatic heterocycles. The fourth-order valence-corrected chi connectivity index (χ4v) is 0.983. The van der Waals surface area contributed by atoms with Gasteiger partial charge in [-0.05, 0) is 31.8 Å². The van der Waals surface area contributed by atoms with Gasteiger partial charge in [0.1, 0.15) is 0 Å². The second-order valence-corrected chi connectivity index (χ2v) is 28.5. The van der Waals surface area contributed by atoms with Gasteiger partial charge in [-0.2, -0.15) is 0 Å². The van der Waals surface area contributed by atoms with Crippen molar-refractivity contribution in [1.29, 1.82) is 0 Å². The number of hydrogen-bond acceptors (Lipinski definition) is 2. The first-order valence-electron chi connectivity index (χ1n) is 5.68. The SMILES string of the molecule is CCN(CC)CC.[Cl][Sn]([Cl])([Cl])[Cl].[Ti].c1ccncc1. The van der Waals surface area contributed by atoms with Crippen molar-refractivity contribution in [2.24, 2.45) is 0 Å². The molecular formula is C11H20Cl4N2SnTi. The minimum absolute atomic E-state index is 0. The van der Waals surface area contributed by atoms with E-state index >= 15 is 0 Å². The summed E-state index contributed by atoms with van der Waals surface area (Å²) in [6, 6.07) is 5.72. The third kappa shape index (κ3) is 32.9. The number of halogens is 4. The van der Waals surface area contributed by atoms with Gasteiger partial charge in [-0.15, -0.1) is 0 Å². The predicted octanol–water partition coefficient (Wildman–Crippen LogP) is 4.80. The summed E-state index contributed by atoms with van der Waals surface area (Å²) in [5.74, 6) is 0. The molecule has 0 fully saturated rings. The molecule has 0 saturated heterocycles. The Balaban J connectivity index is -0.000000200. The second-order valence-electron chi connectivity index (χ2n) is 3.07. The van der Waals surface area contributed by atoms with E-state index in [-0.39, 0.29) is 21.7 Å². The largest absolute Gasteiger partial charge is 0.265 e. The molecule has 0 aliphatic carbocycles. The Kier molecular flexibility index (Phi) is 24.1. The summed E-state index contributed by atoms with van der Waals surface area (Å²) < 4.78 is 0. The smallest absolute Gasteiger partial charge is 0.0267 e. The van der Waals surface area contributed by atoms with Crippen LogP contribution < -0.4 is 0 Å². The monoisotopic (exact) mass is 488 g/mol. The van der Waals surface area contributed by atoms with Crippen LogP contribution in [0.4, 0.5) is 0 Å². The average Bonchev–Trinajstić information content (AvgIpc) is 2.32. The third-order valence-corrected chi connectivity index (χ3v) is 1.91. The van der Waals surface area contributed by atoms with Crippen LogP contribution in [0.25, 0.3) is 0 Å². The van der Waals surface area contributed by atoms with Crippen LogP contribution in [-0.2, 0) is 21.7 Å². The molecule has 0 atom stereocenters. The maximum Gasteiger partial charge on any atom is 0.0267 e. The Morgan fingerprint density at radius 2 is 1.16 bits per heavy atom. The molecular weight excluding hydrogens is 469 g/mol. The molecule has 0 amide bonds. The van der Waals surface area contributed by atoms with Crippen molar-refractivity contribution in [3.63, 3.8) is 0 Å². The van der Waals surface area contributed by atoms with E-state index in [0.29, 0.717) is 0 Å². The zero-order valence-corrected chi connectivity index (χ0v) is 18.9. The van der Waals surface area contributed by atoms with E-state index in [1.807, 2.05) is 18.2 Å². The van der Waals surface area contributed by atoms with Gasteiger partial charge in [-0.3, -0.25) is 4.98 Å². The normalized spacial score (nSPS) is 9.47. The molecule has 0 radical (unpaired) electrons. The minimum atomic E-state index is -3.29. The van der Waals surface area contributed by atoms with Crippen molar-refractivity contribution in [2.75, 3.05) is 19.6 Å². The van der Waals surface area contributed by atoms with E-state index in [1.165, 1.54) is 19.6 Å². The summed E-state index contributed by atoms with van der Waals surface area (Å²) in [5, 5.41) is 0. The predicted molar refractivity (Wildman–Crippen MR) is 86.9 cm³/mol. The van der Waals surface area contributed by atoms with Crippen LogP contribution in [0.15, 0.2) is 30.6 Å². The van der Waals surface area contributed by atoms with Gasteiger partial charge in [-0.25, -0.2) is 0 Å². The molecule has 0 spiro atoms. The summed E-state index contributed by atoms with van der Waals surface area (Å²) in [6.07, 6.45) is 3.50. The molecule has 0 saturated carbocycles. The molecule has 0 bridgehead atoms. The number of hydrogen-bond donors (Lipinski definition) is 0. The van der Waals surface area contributed by atoms with Crippen LogP contribution in [0.1, 0.15) is 20.8 Å². The fourth-order valence-electron chi connectivity index (χ4n) is 0.983. The molecule has 0 aliphatic rings. The van der Waals surface area contributed by atoms with Crippen molar-refractivity contribution in [3.8, 4) is 0 Å². The van der Waals surface area contributed by atoms with E-state index in [1.54, 1.807) is 12.4 Å². The van der Waals surface area contributed by atoms with Crippen LogP contribution in [0.2, 0.25) is 0 Å². The summed E-state index contributed by atoms with van der Waals surface area (Å²) in [5.41, 5.74) is 0. The minimum Gasteiger partial charge on any atom is -0.265 e. The van der Waals surface area contributed by atoms with Gasteiger partial charge in [-0.1, -0.05) is 26.8 Å². The van der Waals surface area contributed by atoms with Crippen LogP contribution in [0, 0.1) is 0 Å². The third-order valence-electron chi connectivity index (χ3n) is 1.91. The number of nitrogens with zero attached hydrogens (tertiary/aromatic N) is 2. The Labute approximate surface area is 150 Å². The maximum absolute atomic E-state index is 5.04. The Morgan fingerprint density at radius 1 is 0.842 bits per heavy atom. The van der Waals surface area contributed by atoms with Gasteiger partial charge < -0.3 is 4.90 Å². The number of aromatic nitrogens is 1. The number of rotatable bonds is 3. The molecule has 110 valence electrons. The zero-order valence-electron chi connectivity index (χ0n) is 11.4. The summed E-state index contributed by atoms with van der Waals surface area (Å²) in [4.78, 5) is 6.16. The van der Waals surface area contributed by atoms with Crippen molar-refractivity contribution in [1.82, 2.24) is 9.88 Å². The number of pyridine rings is 1. The molecule has 0 aromatic carbocycles. The summed E-state index contributed by atoms with van der Waals surface area (Å²) in [6.45, 7) is 10.1. The summed E-state index contributed by atoms with van der Waals surface area (Å²) >= 11 is -3.29. The molecule has 1 heterocycles. The molecule has 2 nitrogen and oxygen atoms in total. The molecule has 1 rings (SSSR count). The second kappa shape index (κ2) is 17.8. The van der Waals surface area contributed by atoms with Gasteiger partial charge in [0.2, 0.25) is 0 Å². The molecule has 1 aromatic heterocycles. The van der Waals surface area contributed by atoms with Crippen LogP contribution >= 0.6 is 35.7 Å². The Bertz CT molecular complexity index is 220. The first-order valence-corrected chi connectivity index (χ1v) is 20.1. The molecule has 1 aromatic rings. The van der Waals surface area contributed by atoms with E-state index < -0.39 is 13.9 Å². The Hall–Kier alpha value is 1.78. The first-order chi connectivity index (χ1) is 8.35. The van der Waals surface area contributed by atoms with E-state index in [2.05, 4.69) is 30.7 Å². The van der Waals surface area contributed by atoms with E-state index in [9.17, 15) is 0 Å². The Morgan fingerprint density at radius 3 is 1.21 bits per heavy atom. The van der Waals surface area contributed by atoms with E-state index in [4.69, 9.17) is 35.7 Å². The van der Waals surface area contributed by atoms with Gasteiger partial charge in [0.25, 0.3) is 0 Å². The molecule has 0 N–H and O–H groups in total. The quantitative estimate of drug-likeness (QED) is 0.568. The van der Waals surface area contributed by atoms with Crippen molar-refractivity contribution < 1.29 is 21.7 Å². The molecule has 8 heteroatoms. The summed E-state index contributed by atoms with van der Waals surface area (Å²) in [7, 11) is 20.1. The zero-order chi connectivity index (χ0) is 14.4. The van der Waals surface area contributed by atoms with Gasteiger partial charge in [0.05, 0.1) is 0 Å². The average molecular weight is 489 g/mol. The fraction of sp³-hybridized carbons (Fsp3) is 0.545. The van der Waals surface area contributed by atoms with Gasteiger partial charge in [0.15, 0.2) is 0 Å².